The Morgan fingerprint density at radius 1 is 1.09 bits per heavy atom. The fourth-order valence-corrected chi connectivity index (χ4v) is 2.57. The molecule has 0 aliphatic carbocycles. The van der Waals surface area contributed by atoms with E-state index in [9.17, 15) is 9.59 Å². The average Bonchev–Trinajstić information content (AvgIpc) is 2.49. The molecule has 5 heteroatoms. The van der Waals surface area contributed by atoms with Crippen LogP contribution in [0.1, 0.15) is 41.0 Å². The predicted molar refractivity (Wildman–Crippen MR) is 95.8 cm³/mol. The summed E-state index contributed by atoms with van der Waals surface area (Å²) in [7, 11) is 0. The minimum atomic E-state index is -0.0764. The molecule has 0 heterocycles. The molecule has 1 aromatic carbocycles. The van der Waals surface area contributed by atoms with E-state index >= 15 is 0 Å². The van der Waals surface area contributed by atoms with Gasteiger partial charge in [0.05, 0.1) is 0 Å². The van der Waals surface area contributed by atoms with E-state index < -0.39 is 0 Å². The lowest BCUT2D eigenvalue weighted by Crippen LogP contribution is -2.37. The molecule has 5 nitrogen and oxygen atoms in total. The Morgan fingerprint density at radius 2 is 1.65 bits per heavy atom. The number of rotatable bonds is 8. The van der Waals surface area contributed by atoms with Gasteiger partial charge in [0, 0.05) is 50.4 Å². The van der Waals surface area contributed by atoms with Gasteiger partial charge in [-0.2, -0.15) is 0 Å². The van der Waals surface area contributed by atoms with Crippen LogP contribution < -0.4 is 10.2 Å². The van der Waals surface area contributed by atoms with Crippen LogP contribution in [0.15, 0.2) is 24.3 Å². The van der Waals surface area contributed by atoms with Crippen LogP contribution in [0, 0.1) is 0 Å². The number of amides is 2. The van der Waals surface area contributed by atoms with Gasteiger partial charge in [-0.3, -0.25) is 9.59 Å². The average molecular weight is 319 g/mol. The summed E-state index contributed by atoms with van der Waals surface area (Å²) < 4.78 is 0. The number of carbonyl (C=O) groups is 2. The quantitative estimate of drug-likeness (QED) is 0.801. The number of anilines is 2. The van der Waals surface area contributed by atoms with E-state index in [0.717, 1.165) is 24.5 Å². The summed E-state index contributed by atoms with van der Waals surface area (Å²) in [6.45, 7) is 12.0. The molecule has 0 saturated heterocycles. The fraction of sp³-hybridized carbons (Fsp3) is 0.556. The van der Waals surface area contributed by atoms with Gasteiger partial charge in [0.25, 0.3) is 0 Å². The van der Waals surface area contributed by atoms with Crippen molar-refractivity contribution in [3.05, 3.63) is 24.3 Å². The van der Waals surface area contributed by atoms with Crippen molar-refractivity contribution < 1.29 is 9.59 Å². The van der Waals surface area contributed by atoms with Gasteiger partial charge in [-0.1, -0.05) is 0 Å². The Bertz CT molecular complexity index is 508. The van der Waals surface area contributed by atoms with Gasteiger partial charge in [-0.05, 0) is 52.0 Å². The van der Waals surface area contributed by atoms with Gasteiger partial charge >= 0.3 is 0 Å². The van der Waals surface area contributed by atoms with Crippen molar-refractivity contribution in [3.8, 4) is 0 Å². The SMILES string of the molecule is CCN(CC)c1ccc(NC(=O)CCN(C(C)=O)C(C)C)cc1. The number of hydrogen-bond acceptors (Lipinski definition) is 3. The van der Waals surface area contributed by atoms with Crippen LogP contribution >= 0.6 is 0 Å². The summed E-state index contributed by atoms with van der Waals surface area (Å²) >= 11 is 0. The van der Waals surface area contributed by atoms with Gasteiger partial charge in [0.15, 0.2) is 0 Å². The Labute approximate surface area is 139 Å². The molecule has 0 aliphatic heterocycles. The molecule has 128 valence electrons. The van der Waals surface area contributed by atoms with E-state index in [-0.39, 0.29) is 17.9 Å². The lowest BCUT2D eigenvalue weighted by atomic mass is 10.2. The largest absolute Gasteiger partial charge is 0.372 e. The summed E-state index contributed by atoms with van der Waals surface area (Å²) in [4.78, 5) is 27.5. The standard InChI is InChI=1S/C18H29N3O2/c1-6-20(7-2)17-10-8-16(9-11-17)19-18(23)12-13-21(14(3)4)15(5)22/h8-11,14H,6-7,12-13H2,1-5H3,(H,19,23). The summed E-state index contributed by atoms with van der Waals surface area (Å²) in [5.41, 5.74) is 1.93. The van der Waals surface area contributed by atoms with Crippen molar-refractivity contribution >= 4 is 23.2 Å². The van der Waals surface area contributed by atoms with Gasteiger partial charge in [-0.25, -0.2) is 0 Å². The summed E-state index contributed by atoms with van der Waals surface area (Å²) in [6.07, 6.45) is 0.301. The first-order valence-electron chi connectivity index (χ1n) is 8.31. The minimum absolute atomic E-state index is 0.00336. The molecule has 0 radical (unpaired) electrons. The van der Waals surface area contributed by atoms with Gasteiger partial charge < -0.3 is 15.1 Å². The third-order valence-electron chi connectivity index (χ3n) is 3.89. The summed E-state index contributed by atoms with van der Waals surface area (Å²) in [5.74, 6) is -0.0798. The Morgan fingerprint density at radius 3 is 2.09 bits per heavy atom. The van der Waals surface area contributed by atoms with Crippen LogP contribution in [0.3, 0.4) is 0 Å². The lowest BCUT2D eigenvalue weighted by molar-refractivity contribution is -0.130. The van der Waals surface area contributed by atoms with Crippen molar-refractivity contribution in [1.29, 1.82) is 0 Å². The monoisotopic (exact) mass is 319 g/mol. The number of nitrogens with one attached hydrogen (secondary N) is 1. The highest BCUT2D eigenvalue weighted by Crippen LogP contribution is 2.17. The maximum atomic E-state index is 12.0. The number of carbonyl (C=O) groups excluding carboxylic acids is 2. The van der Waals surface area contributed by atoms with Crippen LogP contribution in [0.5, 0.6) is 0 Å². The van der Waals surface area contributed by atoms with Crippen molar-refractivity contribution in [2.75, 3.05) is 29.9 Å². The second-order valence-electron chi connectivity index (χ2n) is 5.82. The zero-order valence-corrected chi connectivity index (χ0v) is 14.9. The van der Waals surface area contributed by atoms with Crippen LogP contribution in [0.2, 0.25) is 0 Å². The van der Waals surface area contributed by atoms with E-state index in [4.69, 9.17) is 0 Å². The van der Waals surface area contributed by atoms with Crippen molar-refractivity contribution in [2.45, 2.75) is 47.1 Å². The molecule has 1 aromatic rings. The molecule has 0 unspecified atom stereocenters. The molecular weight excluding hydrogens is 290 g/mol. The Kier molecular flexibility index (Phi) is 7.59. The van der Waals surface area contributed by atoms with Crippen LogP contribution in [0.4, 0.5) is 11.4 Å². The van der Waals surface area contributed by atoms with Crippen molar-refractivity contribution in [3.63, 3.8) is 0 Å². The first-order valence-corrected chi connectivity index (χ1v) is 8.31. The Balaban J connectivity index is 2.56. The normalized spacial score (nSPS) is 10.5. The fourth-order valence-electron chi connectivity index (χ4n) is 2.57. The third-order valence-corrected chi connectivity index (χ3v) is 3.89. The first-order chi connectivity index (χ1) is 10.9. The molecule has 0 fully saturated rings. The second kappa shape index (κ2) is 9.18. The van der Waals surface area contributed by atoms with Crippen molar-refractivity contribution in [1.82, 2.24) is 4.90 Å². The molecule has 0 saturated carbocycles. The molecule has 1 N–H and O–H groups in total. The molecular formula is C18H29N3O2. The van der Waals surface area contributed by atoms with Crippen molar-refractivity contribution in [2.24, 2.45) is 0 Å². The summed E-state index contributed by atoms with van der Waals surface area (Å²) in [6, 6.07) is 7.96. The maximum absolute atomic E-state index is 12.0. The first kappa shape index (κ1) is 19.0. The molecule has 0 spiro atoms. The molecule has 0 atom stereocenters. The van der Waals surface area contributed by atoms with E-state index in [2.05, 4.69) is 24.1 Å². The number of nitrogens with zero attached hydrogens (tertiary/aromatic N) is 2. The van der Waals surface area contributed by atoms with Crippen LogP contribution in [0.25, 0.3) is 0 Å². The zero-order valence-electron chi connectivity index (χ0n) is 14.9. The van der Waals surface area contributed by atoms with Crippen LogP contribution in [-0.2, 0) is 9.59 Å². The molecule has 0 bridgehead atoms. The predicted octanol–water partition coefficient (Wildman–Crippen LogP) is 3.12. The highest BCUT2D eigenvalue weighted by atomic mass is 16.2. The maximum Gasteiger partial charge on any atom is 0.226 e. The second-order valence-corrected chi connectivity index (χ2v) is 5.82. The molecule has 1 rings (SSSR count). The molecule has 0 aliphatic rings. The zero-order chi connectivity index (χ0) is 17.4. The Hall–Kier alpha value is -2.04. The topological polar surface area (TPSA) is 52.7 Å². The lowest BCUT2D eigenvalue weighted by Gasteiger charge is -2.25. The van der Waals surface area contributed by atoms with Crippen LogP contribution in [-0.4, -0.2) is 42.4 Å². The van der Waals surface area contributed by atoms with E-state index in [1.54, 1.807) is 4.90 Å². The van der Waals surface area contributed by atoms with Gasteiger partial charge in [0.2, 0.25) is 11.8 Å². The highest BCUT2D eigenvalue weighted by molar-refractivity contribution is 5.91. The van der Waals surface area contributed by atoms with E-state index in [1.165, 1.54) is 6.92 Å². The smallest absolute Gasteiger partial charge is 0.226 e. The minimum Gasteiger partial charge on any atom is -0.372 e. The molecule has 0 aromatic heterocycles. The number of hydrogen-bond donors (Lipinski definition) is 1. The third kappa shape index (κ3) is 5.93. The molecule has 23 heavy (non-hydrogen) atoms. The highest BCUT2D eigenvalue weighted by Gasteiger charge is 2.14. The molecule has 2 amide bonds. The number of benzene rings is 1. The van der Waals surface area contributed by atoms with E-state index in [0.29, 0.717) is 13.0 Å². The van der Waals surface area contributed by atoms with E-state index in [1.807, 2.05) is 38.1 Å². The van der Waals surface area contributed by atoms with Gasteiger partial charge in [-0.15, -0.1) is 0 Å². The van der Waals surface area contributed by atoms with Gasteiger partial charge in [0.1, 0.15) is 0 Å². The summed E-state index contributed by atoms with van der Waals surface area (Å²) in [5, 5.41) is 2.88.